The molecule has 1 aliphatic rings. The van der Waals surface area contributed by atoms with Gasteiger partial charge in [0.25, 0.3) is 0 Å². The number of hydrogen-bond acceptors (Lipinski definition) is 2. The molecule has 0 aromatic heterocycles. The van der Waals surface area contributed by atoms with Crippen LogP contribution >= 0.6 is 31.9 Å². The summed E-state index contributed by atoms with van der Waals surface area (Å²) in [6.07, 6.45) is 0. The molecule has 0 spiro atoms. The molecule has 0 fully saturated rings. The van der Waals surface area contributed by atoms with E-state index in [1.165, 1.54) is 8.61 Å². The highest BCUT2D eigenvalue weighted by atomic mass is 79.9. The molecule has 0 aliphatic carbocycles. The molecule has 1 heterocycles. The maximum absolute atomic E-state index is 13.4. The van der Waals surface area contributed by atoms with Crippen molar-refractivity contribution in [3.8, 4) is 0 Å². The van der Waals surface area contributed by atoms with Crippen molar-refractivity contribution in [2.45, 2.75) is 0 Å². The second-order valence-electron chi connectivity index (χ2n) is 5.49. The van der Waals surface area contributed by atoms with Crippen LogP contribution < -0.4 is 8.61 Å². The number of anilines is 4. The van der Waals surface area contributed by atoms with Gasteiger partial charge in [-0.15, -0.1) is 0 Å². The molecule has 0 atom stereocenters. The predicted molar refractivity (Wildman–Crippen MR) is 108 cm³/mol. The standard InChI is InChI=1S/C18H12Br2N2O2S/c19-13-5-3-7-15(11-13)21-17-9-1-2-10-18(17)22(25(21,23)24)16-8-4-6-14(20)12-16/h1-12H. The summed E-state index contributed by atoms with van der Waals surface area (Å²) in [5, 5.41) is 0. The fourth-order valence-corrected chi connectivity index (χ4v) is 5.39. The Morgan fingerprint density at radius 2 is 1.08 bits per heavy atom. The van der Waals surface area contributed by atoms with Crippen molar-refractivity contribution in [2.24, 2.45) is 0 Å². The third kappa shape index (κ3) is 2.76. The van der Waals surface area contributed by atoms with E-state index in [-0.39, 0.29) is 0 Å². The molecule has 126 valence electrons. The summed E-state index contributed by atoms with van der Waals surface area (Å²) in [6, 6.07) is 21.8. The maximum atomic E-state index is 13.4. The Morgan fingerprint density at radius 1 is 0.640 bits per heavy atom. The van der Waals surface area contributed by atoms with Gasteiger partial charge in [-0.25, -0.2) is 8.61 Å². The molecule has 0 saturated carbocycles. The van der Waals surface area contributed by atoms with Crippen molar-refractivity contribution in [2.75, 3.05) is 8.61 Å². The van der Waals surface area contributed by atoms with Crippen LogP contribution in [0, 0.1) is 0 Å². The quantitative estimate of drug-likeness (QED) is 0.469. The lowest BCUT2D eigenvalue weighted by atomic mass is 10.2. The van der Waals surface area contributed by atoms with E-state index in [1.54, 1.807) is 24.3 Å². The molecule has 0 N–H and O–H groups in total. The van der Waals surface area contributed by atoms with Crippen LogP contribution in [0.5, 0.6) is 0 Å². The van der Waals surface area contributed by atoms with E-state index < -0.39 is 10.2 Å². The zero-order chi connectivity index (χ0) is 17.6. The highest BCUT2D eigenvalue weighted by molar-refractivity contribution is 9.10. The van der Waals surface area contributed by atoms with E-state index in [0.29, 0.717) is 22.7 Å². The van der Waals surface area contributed by atoms with Crippen LogP contribution in [0.2, 0.25) is 0 Å². The number of hydrogen-bond donors (Lipinski definition) is 0. The van der Waals surface area contributed by atoms with Gasteiger partial charge in [0.15, 0.2) is 0 Å². The van der Waals surface area contributed by atoms with Crippen LogP contribution in [0.4, 0.5) is 22.7 Å². The Hall–Kier alpha value is -1.83. The van der Waals surface area contributed by atoms with E-state index in [2.05, 4.69) is 31.9 Å². The Morgan fingerprint density at radius 3 is 1.48 bits per heavy atom. The fraction of sp³-hybridized carbons (Fsp3) is 0. The van der Waals surface area contributed by atoms with Gasteiger partial charge in [0, 0.05) is 8.95 Å². The topological polar surface area (TPSA) is 40.6 Å². The molecule has 0 saturated heterocycles. The Kier molecular flexibility index (Phi) is 4.10. The van der Waals surface area contributed by atoms with Crippen molar-refractivity contribution >= 4 is 64.8 Å². The molecule has 0 radical (unpaired) electrons. The van der Waals surface area contributed by atoms with Gasteiger partial charge < -0.3 is 0 Å². The van der Waals surface area contributed by atoms with Crippen LogP contribution in [-0.4, -0.2) is 8.42 Å². The number of rotatable bonds is 2. The lowest BCUT2D eigenvalue weighted by Gasteiger charge is -2.22. The number of fused-ring (bicyclic) bond motifs is 1. The molecule has 25 heavy (non-hydrogen) atoms. The minimum Gasteiger partial charge on any atom is -0.219 e. The number of benzene rings is 3. The lowest BCUT2D eigenvalue weighted by molar-refractivity contribution is 0.598. The van der Waals surface area contributed by atoms with Crippen molar-refractivity contribution < 1.29 is 8.42 Å². The zero-order valence-electron chi connectivity index (χ0n) is 12.8. The second kappa shape index (κ2) is 6.16. The van der Waals surface area contributed by atoms with Gasteiger partial charge in [-0.1, -0.05) is 56.1 Å². The monoisotopic (exact) mass is 478 g/mol. The first-order chi connectivity index (χ1) is 12.0. The van der Waals surface area contributed by atoms with Crippen LogP contribution in [0.3, 0.4) is 0 Å². The van der Waals surface area contributed by atoms with Gasteiger partial charge in [0.05, 0.1) is 22.7 Å². The minimum atomic E-state index is -3.80. The highest BCUT2D eigenvalue weighted by Crippen LogP contribution is 2.49. The van der Waals surface area contributed by atoms with Gasteiger partial charge in [0.2, 0.25) is 0 Å². The van der Waals surface area contributed by atoms with Crippen molar-refractivity contribution in [1.29, 1.82) is 0 Å². The molecular formula is C18H12Br2N2O2S. The summed E-state index contributed by atoms with van der Waals surface area (Å²) in [6.45, 7) is 0. The lowest BCUT2D eigenvalue weighted by Crippen LogP contribution is -2.32. The Labute approximate surface area is 163 Å². The molecule has 7 heteroatoms. The third-order valence-corrected chi connectivity index (χ3v) is 6.59. The van der Waals surface area contributed by atoms with E-state index in [1.807, 2.05) is 48.5 Å². The van der Waals surface area contributed by atoms with Crippen molar-refractivity contribution in [3.05, 3.63) is 81.7 Å². The first-order valence-electron chi connectivity index (χ1n) is 7.44. The summed E-state index contributed by atoms with van der Waals surface area (Å²) in [5.41, 5.74) is 2.42. The molecule has 3 aromatic carbocycles. The molecule has 3 aromatic rings. The first-order valence-corrected chi connectivity index (χ1v) is 10.4. The van der Waals surface area contributed by atoms with Gasteiger partial charge in [0.1, 0.15) is 0 Å². The van der Waals surface area contributed by atoms with Crippen LogP contribution in [0.25, 0.3) is 0 Å². The average molecular weight is 480 g/mol. The molecule has 1 aliphatic heterocycles. The molecular weight excluding hydrogens is 468 g/mol. The second-order valence-corrected chi connectivity index (χ2v) is 8.94. The highest BCUT2D eigenvalue weighted by Gasteiger charge is 2.42. The van der Waals surface area contributed by atoms with E-state index >= 15 is 0 Å². The van der Waals surface area contributed by atoms with Crippen LogP contribution in [0.15, 0.2) is 81.7 Å². The van der Waals surface area contributed by atoms with Crippen LogP contribution in [-0.2, 0) is 10.2 Å². The summed E-state index contributed by atoms with van der Waals surface area (Å²) < 4.78 is 31.2. The van der Waals surface area contributed by atoms with E-state index in [0.717, 1.165) is 8.95 Å². The fourth-order valence-electron chi connectivity index (χ4n) is 2.89. The molecule has 0 unspecified atom stereocenters. The molecule has 4 rings (SSSR count). The SMILES string of the molecule is O=S1(=O)N(c2cccc(Br)c2)c2ccccc2N1c1cccc(Br)c1. The van der Waals surface area contributed by atoms with E-state index in [4.69, 9.17) is 0 Å². The number of halogens is 2. The van der Waals surface area contributed by atoms with Crippen molar-refractivity contribution in [1.82, 2.24) is 0 Å². The molecule has 0 amide bonds. The summed E-state index contributed by atoms with van der Waals surface area (Å²) in [7, 11) is -3.80. The summed E-state index contributed by atoms with van der Waals surface area (Å²) >= 11 is 6.83. The number of nitrogens with zero attached hydrogens (tertiary/aromatic N) is 2. The summed E-state index contributed by atoms with van der Waals surface area (Å²) in [5.74, 6) is 0. The van der Waals surface area contributed by atoms with Gasteiger partial charge in [-0.05, 0) is 48.5 Å². The van der Waals surface area contributed by atoms with Crippen LogP contribution in [0.1, 0.15) is 0 Å². The van der Waals surface area contributed by atoms with E-state index in [9.17, 15) is 8.42 Å². The van der Waals surface area contributed by atoms with Gasteiger partial charge >= 0.3 is 10.2 Å². The minimum absolute atomic E-state index is 0.583. The van der Waals surface area contributed by atoms with Gasteiger partial charge in [-0.3, -0.25) is 0 Å². The van der Waals surface area contributed by atoms with Crippen molar-refractivity contribution in [3.63, 3.8) is 0 Å². The normalized spacial score (nSPS) is 15.3. The largest absolute Gasteiger partial charge is 0.335 e. The first kappa shape index (κ1) is 16.6. The Bertz CT molecular complexity index is 991. The summed E-state index contributed by atoms with van der Waals surface area (Å²) in [4.78, 5) is 0. The Balaban J connectivity index is 1.97. The average Bonchev–Trinajstić information content (AvgIpc) is 2.80. The van der Waals surface area contributed by atoms with Gasteiger partial charge in [-0.2, -0.15) is 8.42 Å². The molecule has 4 nitrogen and oxygen atoms in total. The number of para-hydroxylation sites is 2. The zero-order valence-corrected chi connectivity index (χ0v) is 16.8. The smallest absolute Gasteiger partial charge is 0.219 e. The maximum Gasteiger partial charge on any atom is 0.335 e. The molecule has 0 bridgehead atoms. The predicted octanol–water partition coefficient (Wildman–Crippen LogP) is 5.75. The third-order valence-electron chi connectivity index (χ3n) is 3.87.